The molecule has 2 amide bonds. The van der Waals surface area contributed by atoms with Gasteiger partial charge in [0.05, 0.1) is 18.6 Å². The summed E-state index contributed by atoms with van der Waals surface area (Å²) in [5, 5.41) is 9.65. The van der Waals surface area contributed by atoms with Gasteiger partial charge in [0, 0.05) is 18.8 Å². The molecule has 2 aromatic carbocycles. The third-order valence-corrected chi connectivity index (χ3v) is 4.63. The molecule has 26 heavy (non-hydrogen) atoms. The Morgan fingerprint density at radius 2 is 1.92 bits per heavy atom. The van der Waals surface area contributed by atoms with Crippen LogP contribution in [0.3, 0.4) is 0 Å². The van der Waals surface area contributed by atoms with Crippen molar-refractivity contribution in [2.24, 2.45) is 0 Å². The Kier molecular flexibility index (Phi) is 5.32. The molecule has 0 radical (unpaired) electrons. The van der Waals surface area contributed by atoms with Gasteiger partial charge in [-0.05, 0) is 42.0 Å². The van der Waals surface area contributed by atoms with Gasteiger partial charge in [-0.15, -0.1) is 0 Å². The molecule has 1 aliphatic rings. The normalized spacial score (nSPS) is 14.5. The lowest BCUT2D eigenvalue weighted by atomic mass is 10.1. The number of methoxy groups -OCH3 is 1. The molecule has 0 aliphatic carbocycles. The largest absolute Gasteiger partial charge is 0.506 e. The van der Waals surface area contributed by atoms with Gasteiger partial charge >= 0.3 is 0 Å². The van der Waals surface area contributed by atoms with Gasteiger partial charge in [0.15, 0.2) is 0 Å². The van der Waals surface area contributed by atoms with Crippen molar-refractivity contribution in [1.82, 2.24) is 4.90 Å². The van der Waals surface area contributed by atoms with Crippen molar-refractivity contribution in [3.63, 3.8) is 0 Å². The number of halogens is 1. The summed E-state index contributed by atoms with van der Waals surface area (Å²) in [5.74, 6) is 0.432. The van der Waals surface area contributed by atoms with Crippen LogP contribution in [0.2, 0.25) is 5.02 Å². The Labute approximate surface area is 156 Å². The molecular weight excluding hydrogens is 356 g/mol. The third kappa shape index (κ3) is 3.91. The number of rotatable bonds is 4. The first-order valence-corrected chi connectivity index (χ1v) is 8.55. The molecular formula is C19H19ClN2O4. The number of piperazine rings is 1. The van der Waals surface area contributed by atoms with E-state index in [0.29, 0.717) is 18.7 Å². The van der Waals surface area contributed by atoms with E-state index in [4.69, 9.17) is 16.3 Å². The maximum absolute atomic E-state index is 12.5. The van der Waals surface area contributed by atoms with Gasteiger partial charge in [-0.2, -0.15) is 0 Å². The van der Waals surface area contributed by atoms with Crippen molar-refractivity contribution in [2.45, 2.75) is 6.42 Å². The average Bonchev–Trinajstić information content (AvgIpc) is 2.65. The Bertz CT molecular complexity index is 823. The molecule has 2 aromatic rings. The molecule has 1 aliphatic heterocycles. The molecule has 3 rings (SSSR count). The summed E-state index contributed by atoms with van der Waals surface area (Å²) in [6.07, 6.45) is 0.135. The van der Waals surface area contributed by atoms with Crippen LogP contribution in [0.15, 0.2) is 42.5 Å². The van der Waals surface area contributed by atoms with Crippen LogP contribution < -0.4 is 9.64 Å². The van der Waals surface area contributed by atoms with Gasteiger partial charge in [-0.25, -0.2) is 0 Å². The van der Waals surface area contributed by atoms with Crippen LogP contribution >= 0.6 is 11.6 Å². The minimum Gasteiger partial charge on any atom is -0.506 e. The predicted molar refractivity (Wildman–Crippen MR) is 98.7 cm³/mol. The number of hydrogen-bond donors (Lipinski definition) is 1. The molecule has 0 aromatic heterocycles. The molecule has 1 heterocycles. The minimum atomic E-state index is -0.144. The van der Waals surface area contributed by atoms with Gasteiger partial charge in [0.2, 0.25) is 11.8 Å². The van der Waals surface area contributed by atoms with Crippen molar-refractivity contribution < 1.29 is 19.4 Å². The number of benzene rings is 2. The van der Waals surface area contributed by atoms with Gasteiger partial charge in [0.25, 0.3) is 0 Å². The first-order chi connectivity index (χ1) is 12.5. The summed E-state index contributed by atoms with van der Waals surface area (Å²) >= 11 is 5.87. The highest BCUT2D eigenvalue weighted by Crippen LogP contribution is 2.25. The number of carbonyl (C=O) groups is 2. The molecule has 0 saturated carbocycles. The number of nitrogens with zero attached hydrogens (tertiary/aromatic N) is 2. The van der Waals surface area contributed by atoms with Crippen LogP contribution in [-0.4, -0.2) is 48.6 Å². The first kappa shape index (κ1) is 18.1. The van der Waals surface area contributed by atoms with Crippen molar-refractivity contribution in [3.8, 4) is 11.5 Å². The van der Waals surface area contributed by atoms with Crippen molar-refractivity contribution >= 4 is 29.1 Å². The van der Waals surface area contributed by atoms with E-state index >= 15 is 0 Å². The van der Waals surface area contributed by atoms with Crippen molar-refractivity contribution in [2.75, 3.05) is 31.6 Å². The second-order valence-electron chi connectivity index (χ2n) is 6.02. The zero-order valence-corrected chi connectivity index (χ0v) is 15.1. The smallest absolute Gasteiger partial charge is 0.246 e. The van der Waals surface area contributed by atoms with Crippen LogP contribution in [-0.2, 0) is 16.0 Å². The lowest BCUT2D eigenvalue weighted by Gasteiger charge is -2.34. The van der Waals surface area contributed by atoms with E-state index in [2.05, 4.69) is 0 Å². The maximum Gasteiger partial charge on any atom is 0.246 e. The quantitative estimate of drug-likeness (QED) is 0.892. The first-order valence-electron chi connectivity index (χ1n) is 8.17. The predicted octanol–water partition coefficient (Wildman–Crippen LogP) is 2.47. The highest BCUT2D eigenvalue weighted by Gasteiger charge is 2.28. The number of phenols is 1. The van der Waals surface area contributed by atoms with E-state index in [1.807, 2.05) is 12.1 Å². The molecule has 0 unspecified atom stereocenters. The Morgan fingerprint density at radius 1 is 1.19 bits per heavy atom. The average molecular weight is 375 g/mol. The van der Waals surface area contributed by atoms with Crippen LogP contribution in [0.25, 0.3) is 0 Å². The molecule has 0 spiro atoms. The number of ether oxygens (including phenoxy) is 1. The molecule has 0 bridgehead atoms. The van der Waals surface area contributed by atoms with Gasteiger partial charge in [-0.1, -0.05) is 17.7 Å². The number of carbonyl (C=O) groups excluding carboxylic acids is 2. The maximum atomic E-state index is 12.5. The lowest BCUT2D eigenvalue weighted by molar-refractivity contribution is -0.136. The zero-order valence-electron chi connectivity index (χ0n) is 14.3. The lowest BCUT2D eigenvalue weighted by Crippen LogP contribution is -2.52. The number of hydrogen-bond acceptors (Lipinski definition) is 4. The SMILES string of the molecule is COc1ccc(N2CCN(C(=O)Cc3ccc(O)c(Cl)c3)CC2=O)cc1. The second-order valence-corrected chi connectivity index (χ2v) is 6.43. The number of phenolic OH excluding ortho intramolecular Hbond substituents is 1. The molecule has 0 atom stereocenters. The van der Waals surface area contributed by atoms with Gasteiger partial charge < -0.3 is 19.6 Å². The topological polar surface area (TPSA) is 70.1 Å². The van der Waals surface area contributed by atoms with Gasteiger partial charge in [0.1, 0.15) is 18.0 Å². The Hall–Kier alpha value is -2.73. The summed E-state index contributed by atoms with van der Waals surface area (Å²) in [5.41, 5.74) is 1.48. The van der Waals surface area contributed by atoms with E-state index in [-0.39, 0.29) is 35.6 Å². The summed E-state index contributed by atoms with van der Waals surface area (Å²) in [4.78, 5) is 28.1. The van der Waals surface area contributed by atoms with Crippen LogP contribution in [0, 0.1) is 0 Å². The monoisotopic (exact) mass is 374 g/mol. The van der Waals surface area contributed by atoms with E-state index in [1.54, 1.807) is 41.2 Å². The molecule has 6 nitrogen and oxygen atoms in total. The molecule has 1 saturated heterocycles. The van der Waals surface area contributed by atoms with Crippen LogP contribution in [0.4, 0.5) is 5.69 Å². The third-order valence-electron chi connectivity index (χ3n) is 4.32. The summed E-state index contributed by atoms with van der Waals surface area (Å²) in [7, 11) is 1.59. The fraction of sp³-hybridized carbons (Fsp3) is 0.263. The fourth-order valence-electron chi connectivity index (χ4n) is 2.87. The highest BCUT2D eigenvalue weighted by atomic mass is 35.5. The molecule has 1 fully saturated rings. The molecule has 136 valence electrons. The Morgan fingerprint density at radius 3 is 2.54 bits per heavy atom. The van der Waals surface area contributed by atoms with Crippen LogP contribution in [0.5, 0.6) is 11.5 Å². The van der Waals surface area contributed by atoms with Crippen LogP contribution in [0.1, 0.15) is 5.56 Å². The second kappa shape index (κ2) is 7.66. The number of aromatic hydroxyl groups is 1. The minimum absolute atomic E-state index is 0.0221. The fourth-order valence-corrected chi connectivity index (χ4v) is 3.07. The zero-order chi connectivity index (χ0) is 18.7. The summed E-state index contributed by atoms with van der Waals surface area (Å²) < 4.78 is 5.12. The standard InChI is InChI=1S/C19H19ClN2O4/c1-26-15-5-3-14(4-6-15)22-9-8-21(12-19(22)25)18(24)11-13-2-7-17(23)16(20)10-13/h2-7,10,23H,8-9,11-12H2,1H3. The summed E-state index contributed by atoms with van der Waals surface area (Å²) in [6.45, 7) is 0.937. The van der Waals surface area contributed by atoms with Crippen molar-refractivity contribution in [1.29, 1.82) is 0 Å². The van der Waals surface area contributed by atoms with Crippen molar-refractivity contribution in [3.05, 3.63) is 53.1 Å². The van der Waals surface area contributed by atoms with E-state index in [9.17, 15) is 14.7 Å². The molecule has 7 heteroatoms. The van der Waals surface area contributed by atoms with E-state index in [0.717, 1.165) is 11.4 Å². The van der Waals surface area contributed by atoms with E-state index < -0.39 is 0 Å². The Balaban J connectivity index is 1.62. The molecule has 1 N–H and O–H groups in total. The number of amides is 2. The van der Waals surface area contributed by atoms with E-state index in [1.165, 1.54) is 6.07 Å². The number of anilines is 1. The summed E-state index contributed by atoms with van der Waals surface area (Å²) in [6, 6.07) is 11.9. The highest BCUT2D eigenvalue weighted by molar-refractivity contribution is 6.32. The van der Waals surface area contributed by atoms with Gasteiger partial charge in [-0.3, -0.25) is 9.59 Å².